The molecule has 0 heterocycles. The molecular weight excluding hydrogens is 246 g/mol. The van der Waals surface area contributed by atoms with Crippen molar-refractivity contribution in [1.82, 2.24) is 0 Å². The Labute approximate surface area is 103 Å². The summed E-state index contributed by atoms with van der Waals surface area (Å²) < 4.78 is 28.3. The minimum Gasteiger partial charge on any atom is -0.481 e. The Morgan fingerprint density at radius 2 is 2.17 bits per heavy atom. The van der Waals surface area contributed by atoms with E-state index in [1.807, 2.05) is 0 Å². The molecule has 6 heteroatoms. The molecule has 0 radical (unpaired) electrons. The SMILES string of the molecule is CC(O)(CCC(=O)O)c1cccc(OC(F)F)c1. The van der Waals surface area contributed by atoms with Crippen LogP contribution in [-0.4, -0.2) is 22.8 Å². The molecule has 0 fully saturated rings. The molecule has 100 valence electrons. The molecular formula is C12H14F2O4. The van der Waals surface area contributed by atoms with E-state index in [4.69, 9.17) is 5.11 Å². The van der Waals surface area contributed by atoms with E-state index in [9.17, 15) is 18.7 Å². The summed E-state index contributed by atoms with van der Waals surface area (Å²) in [6.07, 6.45) is -0.229. The van der Waals surface area contributed by atoms with Crippen molar-refractivity contribution in [2.45, 2.75) is 32.0 Å². The van der Waals surface area contributed by atoms with Crippen LogP contribution >= 0.6 is 0 Å². The second kappa shape index (κ2) is 5.77. The number of carboxylic acid groups (broad SMARTS) is 1. The molecule has 18 heavy (non-hydrogen) atoms. The van der Waals surface area contributed by atoms with E-state index in [1.165, 1.54) is 31.2 Å². The van der Waals surface area contributed by atoms with Crippen molar-refractivity contribution in [1.29, 1.82) is 0 Å². The molecule has 0 bridgehead atoms. The summed E-state index contributed by atoms with van der Waals surface area (Å²) in [7, 11) is 0. The quantitative estimate of drug-likeness (QED) is 0.824. The van der Waals surface area contributed by atoms with Crippen LogP contribution in [-0.2, 0) is 10.4 Å². The Kier molecular flexibility index (Phi) is 4.61. The molecule has 0 saturated heterocycles. The number of aliphatic carboxylic acids is 1. The molecule has 1 aromatic rings. The minimum atomic E-state index is -2.94. The number of alkyl halides is 2. The molecule has 0 aliphatic rings. The van der Waals surface area contributed by atoms with Gasteiger partial charge in [-0.25, -0.2) is 0 Å². The third-order valence-corrected chi connectivity index (χ3v) is 2.51. The first-order valence-corrected chi connectivity index (χ1v) is 5.31. The number of ether oxygens (including phenoxy) is 1. The number of halogens is 2. The zero-order valence-corrected chi connectivity index (χ0v) is 9.77. The molecule has 1 aromatic carbocycles. The first-order valence-electron chi connectivity index (χ1n) is 5.31. The lowest BCUT2D eigenvalue weighted by molar-refractivity contribution is -0.138. The second-order valence-corrected chi connectivity index (χ2v) is 4.07. The largest absolute Gasteiger partial charge is 0.481 e. The van der Waals surface area contributed by atoms with Crippen molar-refractivity contribution < 1.29 is 28.5 Å². The van der Waals surface area contributed by atoms with Crippen molar-refractivity contribution in [2.75, 3.05) is 0 Å². The molecule has 2 N–H and O–H groups in total. The average Bonchev–Trinajstić information content (AvgIpc) is 2.26. The van der Waals surface area contributed by atoms with Gasteiger partial charge in [0.2, 0.25) is 0 Å². The monoisotopic (exact) mass is 260 g/mol. The highest BCUT2D eigenvalue weighted by Gasteiger charge is 2.24. The Balaban J connectivity index is 2.83. The molecule has 1 atom stereocenters. The van der Waals surface area contributed by atoms with Gasteiger partial charge >= 0.3 is 12.6 Å². The zero-order chi connectivity index (χ0) is 13.8. The van der Waals surface area contributed by atoms with Gasteiger partial charge in [-0.3, -0.25) is 4.79 Å². The average molecular weight is 260 g/mol. The number of hydrogen-bond donors (Lipinski definition) is 2. The fourth-order valence-corrected chi connectivity index (χ4v) is 1.50. The van der Waals surface area contributed by atoms with Crippen LogP contribution in [0.15, 0.2) is 24.3 Å². The summed E-state index contributed by atoms with van der Waals surface area (Å²) in [5.41, 5.74) is -1.07. The molecule has 0 saturated carbocycles. The van der Waals surface area contributed by atoms with E-state index in [2.05, 4.69) is 4.74 Å². The van der Waals surface area contributed by atoms with E-state index < -0.39 is 18.2 Å². The first kappa shape index (κ1) is 14.4. The Morgan fingerprint density at radius 3 is 2.72 bits per heavy atom. The molecule has 0 aromatic heterocycles. The summed E-state index contributed by atoms with van der Waals surface area (Å²) in [5, 5.41) is 18.6. The molecule has 1 unspecified atom stereocenters. The highest BCUT2D eigenvalue weighted by Crippen LogP contribution is 2.29. The lowest BCUT2D eigenvalue weighted by Gasteiger charge is -2.23. The number of benzene rings is 1. The van der Waals surface area contributed by atoms with E-state index in [1.54, 1.807) is 0 Å². The summed E-state index contributed by atoms with van der Waals surface area (Å²) in [5.74, 6) is -1.10. The van der Waals surface area contributed by atoms with Gasteiger partial charge < -0.3 is 14.9 Å². The summed E-state index contributed by atoms with van der Waals surface area (Å²) in [6, 6.07) is 5.60. The van der Waals surface area contributed by atoms with Crippen molar-refractivity contribution in [3.8, 4) is 5.75 Å². The van der Waals surface area contributed by atoms with Gasteiger partial charge in [0.05, 0.1) is 5.60 Å². The Morgan fingerprint density at radius 1 is 1.50 bits per heavy atom. The smallest absolute Gasteiger partial charge is 0.387 e. The van der Waals surface area contributed by atoms with E-state index in [-0.39, 0.29) is 18.6 Å². The predicted octanol–water partition coefficient (Wildman–Crippen LogP) is 2.36. The molecule has 0 amide bonds. The molecule has 0 aliphatic carbocycles. The van der Waals surface area contributed by atoms with Gasteiger partial charge in [-0.05, 0) is 31.0 Å². The highest BCUT2D eigenvalue weighted by molar-refractivity contribution is 5.66. The van der Waals surface area contributed by atoms with Crippen LogP contribution < -0.4 is 4.74 Å². The molecule has 4 nitrogen and oxygen atoms in total. The zero-order valence-electron chi connectivity index (χ0n) is 9.77. The third-order valence-electron chi connectivity index (χ3n) is 2.51. The number of carboxylic acids is 1. The fourth-order valence-electron chi connectivity index (χ4n) is 1.50. The normalized spacial score (nSPS) is 14.3. The number of aliphatic hydroxyl groups is 1. The van der Waals surface area contributed by atoms with Crippen LogP contribution in [0.2, 0.25) is 0 Å². The Bertz CT molecular complexity index is 418. The van der Waals surface area contributed by atoms with E-state index in [0.29, 0.717) is 5.56 Å². The van der Waals surface area contributed by atoms with Crippen molar-refractivity contribution in [3.63, 3.8) is 0 Å². The standard InChI is InChI=1S/C12H14F2O4/c1-12(17,6-5-10(15)16)8-3-2-4-9(7-8)18-11(13)14/h2-4,7,11,17H,5-6H2,1H3,(H,15,16). The molecule has 1 rings (SSSR count). The molecule has 0 spiro atoms. The topological polar surface area (TPSA) is 66.8 Å². The number of carbonyl (C=O) groups is 1. The maximum Gasteiger partial charge on any atom is 0.387 e. The minimum absolute atomic E-state index is 0.0134. The maximum atomic E-state index is 12.0. The summed E-state index contributed by atoms with van der Waals surface area (Å²) >= 11 is 0. The van der Waals surface area contributed by atoms with Crippen LogP contribution in [0.3, 0.4) is 0 Å². The van der Waals surface area contributed by atoms with Crippen LogP contribution in [0.25, 0.3) is 0 Å². The highest BCUT2D eigenvalue weighted by atomic mass is 19.3. The van der Waals surface area contributed by atoms with Gasteiger partial charge in [0.15, 0.2) is 0 Å². The molecule has 0 aliphatic heterocycles. The fraction of sp³-hybridized carbons (Fsp3) is 0.417. The van der Waals surface area contributed by atoms with Crippen LogP contribution in [0.1, 0.15) is 25.3 Å². The van der Waals surface area contributed by atoms with Gasteiger partial charge in [0, 0.05) is 6.42 Å². The van der Waals surface area contributed by atoms with Crippen molar-refractivity contribution >= 4 is 5.97 Å². The Hall–Kier alpha value is -1.69. The summed E-state index contributed by atoms with van der Waals surface area (Å²) in [4.78, 5) is 10.5. The second-order valence-electron chi connectivity index (χ2n) is 4.07. The predicted molar refractivity (Wildman–Crippen MR) is 59.5 cm³/mol. The van der Waals surface area contributed by atoms with Gasteiger partial charge in [0.1, 0.15) is 5.75 Å². The van der Waals surface area contributed by atoms with Gasteiger partial charge in [-0.15, -0.1) is 0 Å². The van der Waals surface area contributed by atoms with E-state index in [0.717, 1.165) is 0 Å². The summed E-state index contributed by atoms with van der Waals surface area (Å²) in [6.45, 7) is -1.51. The van der Waals surface area contributed by atoms with Crippen LogP contribution in [0.5, 0.6) is 5.75 Å². The van der Waals surface area contributed by atoms with Gasteiger partial charge in [-0.2, -0.15) is 8.78 Å². The van der Waals surface area contributed by atoms with Gasteiger partial charge in [0.25, 0.3) is 0 Å². The van der Waals surface area contributed by atoms with Crippen molar-refractivity contribution in [3.05, 3.63) is 29.8 Å². The van der Waals surface area contributed by atoms with Crippen LogP contribution in [0, 0.1) is 0 Å². The third kappa shape index (κ3) is 4.29. The lowest BCUT2D eigenvalue weighted by atomic mass is 9.91. The van der Waals surface area contributed by atoms with Gasteiger partial charge in [-0.1, -0.05) is 12.1 Å². The van der Waals surface area contributed by atoms with Crippen molar-refractivity contribution in [2.24, 2.45) is 0 Å². The first-order chi connectivity index (χ1) is 8.31. The van der Waals surface area contributed by atoms with E-state index >= 15 is 0 Å². The number of hydrogen-bond acceptors (Lipinski definition) is 3. The van der Waals surface area contributed by atoms with Crippen LogP contribution in [0.4, 0.5) is 8.78 Å². The lowest BCUT2D eigenvalue weighted by Crippen LogP contribution is -2.22. The number of rotatable bonds is 6. The maximum absolute atomic E-state index is 12.0.